The van der Waals surface area contributed by atoms with Crippen molar-refractivity contribution in [2.45, 2.75) is 31.8 Å². The third-order valence-corrected chi connectivity index (χ3v) is 5.48. The van der Waals surface area contributed by atoms with Gasteiger partial charge >= 0.3 is 5.97 Å². The molecule has 166 valence electrons. The summed E-state index contributed by atoms with van der Waals surface area (Å²) in [7, 11) is 3.08. The minimum atomic E-state index is -1.36. The van der Waals surface area contributed by atoms with Crippen molar-refractivity contribution < 1.29 is 33.6 Å². The molecule has 1 atom stereocenters. The monoisotopic (exact) mass is 432 g/mol. The second kappa shape index (κ2) is 7.77. The van der Waals surface area contributed by atoms with Crippen LogP contribution in [0.25, 0.3) is 11.4 Å². The van der Waals surface area contributed by atoms with Crippen molar-refractivity contribution in [3.63, 3.8) is 0 Å². The lowest BCUT2D eigenvalue weighted by Crippen LogP contribution is -2.33. The molecule has 0 amide bonds. The zero-order chi connectivity index (χ0) is 22.3. The zero-order valence-electron chi connectivity index (χ0n) is 17.7. The molecule has 31 heavy (non-hydrogen) atoms. The normalized spacial score (nSPS) is 17.6. The zero-order valence-corrected chi connectivity index (χ0v) is 17.7. The van der Waals surface area contributed by atoms with E-state index in [9.17, 15) is 14.7 Å². The standard InChI is InChI=1S/C21H24N2O8/c1-21(2)10-9-30-11-8-12(29-7-5-6-27-3)19(28-4)23-15(11)16-13(10)17(31-21)14(20(25)26)18(24)22-16/h8,10H,5-7,9H2,1-4H3,(H,22,24)(H,25,26). The number of hydrogen-bond acceptors (Lipinski definition) is 8. The van der Waals surface area contributed by atoms with E-state index >= 15 is 0 Å². The van der Waals surface area contributed by atoms with Crippen LogP contribution in [0.2, 0.25) is 0 Å². The number of fused-ring (bicyclic) bond motifs is 2. The van der Waals surface area contributed by atoms with Crippen molar-refractivity contribution in [1.82, 2.24) is 9.97 Å². The van der Waals surface area contributed by atoms with E-state index < -0.39 is 22.7 Å². The molecule has 2 aliphatic heterocycles. The molecule has 0 bridgehead atoms. The smallest absolute Gasteiger partial charge is 0.345 e. The van der Waals surface area contributed by atoms with Gasteiger partial charge < -0.3 is 33.8 Å². The average Bonchev–Trinajstić information content (AvgIpc) is 2.87. The van der Waals surface area contributed by atoms with E-state index in [1.54, 1.807) is 13.2 Å². The number of aromatic carboxylic acids is 1. The first-order valence-corrected chi connectivity index (χ1v) is 9.85. The summed E-state index contributed by atoms with van der Waals surface area (Å²) in [6.07, 6.45) is 0.683. The summed E-state index contributed by atoms with van der Waals surface area (Å²) in [5, 5.41) is 9.58. The van der Waals surface area contributed by atoms with Crippen molar-refractivity contribution in [2.24, 2.45) is 0 Å². The SMILES string of the molecule is COCCCOc1cc2c(nc1OC)-c1[nH]c(=O)c(C(=O)O)c3c1C(CO2)C(C)(C)O3. The summed E-state index contributed by atoms with van der Waals surface area (Å²) >= 11 is 0. The van der Waals surface area contributed by atoms with E-state index in [0.29, 0.717) is 48.1 Å². The summed E-state index contributed by atoms with van der Waals surface area (Å²) in [6.45, 7) is 4.82. The minimum absolute atomic E-state index is 0.0540. The highest BCUT2D eigenvalue weighted by molar-refractivity contribution is 5.93. The Labute approximate surface area is 178 Å². The number of H-pyrrole nitrogens is 1. The summed E-state index contributed by atoms with van der Waals surface area (Å²) in [6, 6.07) is 1.67. The minimum Gasteiger partial charge on any atom is -0.490 e. The highest BCUT2D eigenvalue weighted by Gasteiger charge is 2.48. The molecule has 4 rings (SSSR count). The second-order valence-corrected chi connectivity index (χ2v) is 7.86. The Hall–Kier alpha value is -3.27. The van der Waals surface area contributed by atoms with Crippen molar-refractivity contribution >= 4 is 5.97 Å². The molecule has 0 saturated heterocycles. The molecule has 1 unspecified atom stereocenters. The number of carboxylic acid groups (broad SMARTS) is 1. The molecular weight excluding hydrogens is 408 g/mol. The van der Waals surface area contributed by atoms with Gasteiger partial charge in [0.05, 0.1) is 31.9 Å². The van der Waals surface area contributed by atoms with Crippen molar-refractivity contribution in [3.05, 3.63) is 27.5 Å². The van der Waals surface area contributed by atoms with Crippen LogP contribution in [0, 0.1) is 0 Å². The van der Waals surface area contributed by atoms with Crippen LogP contribution in [-0.2, 0) is 4.74 Å². The molecule has 10 nitrogen and oxygen atoms in total. The van der Waals surface area contributed by atoms with Gasteiger partial charge in [-0.05, 0) is 13.8 Å². The quantitative estimate of drug-likeness (QED) is 0.633. The summed E-state index contributed by atoms with van der Waals surface area (Å²) < 4.78 is 28.2. The number of pyridine rings is 2. The first kappa shape index (κ1) is 21.0. The third kappa shape index (κ3) is 3.46. The number of carbonyl (C=O) groups is 1. The Morgan fingerprint density at radius 3 is 2.81 bits per heavy atom. The van der Waals surface area contributed by atoms with Gasteiger partial charge in [0.15, 0.2) is 17.1 Å². The highest BCUT2D eigenvalue weighted by atomic mass is 16.5. The first-order chi connectivity index (χ1) is 14.8. The second-order valence-electron chi connectivity index (χ2n) is 7.86. The van der Waals surface area contributed by atoms with Gasteiger partial charge in [-0.2, -0.15) is 0 Å². The van der Waals surface area contributed by atoms with E-state index in [2.05, 4.69) is 9.97 Å². The van der Waals surface area contributed by atoms with Gasteiger partial charge in [-0.3, -0.25) is 4.79 Å². The van der Waals surface area contributed by atoms with E-state index in [1.807, 2.05) is 13.8 Å². The average molecular weight is 432 g/mol. The molecule has 4 heterocycles. The number of nitrogens with zero attached hydrogens (tertiary/aromatic N) is 1. The fourth-order valence-corrected chi connectivity index (χ4v) is 3.94. The van der Waals surface area contributed by atoms with Crippen molar-refractivity contribution in [1.29, 1.82) is 0 Å². The Kier molecular flexibility index (Phi) is 5.26. The number of aromatic amines is 1. The molecule has 2 aromatic rings. The van der Waals surface area contributed by atoms with Crippen LogP contribution in [0.15, 0.2) is 10.9 Å². The van der Waals surface area contributed by atoms with E-state index in [1.165, 1.54) is 7.11 Å². The van der Waals surface area contributed by atoms with Gasteiger partial charge in [0.2, 0.25) is 0 Å². The van der Waals surface area contributed by atoms with E-state index in [-0.39, 0.29) is 24.2 Å². The van der Waals surface area contributed by atoms with Gasteiger partial charge in [-0.1, -0.05) is 0 Å². The molecule has 10 heteroatoms. The van der Waals surface area contributed by atoms with Crippen LogP contribution >= 0.6 is 0 Å². The number of carboxylic acids is 1. The topological polar surface area (TPSA) is 129 Å². The maximum absolute atomic E-state index is 12.6. The fourth-order valence-electron chi connectivity index (χ4n) is 3.94. The number of rotatable bonds is 7. The fraction of sp³-hybridized carbons (Fsp3) is 0.476. The molecular formula is C21H24N2O8. The summed E-state index contributed by atoms with van der Waals surface area (Å²) in [4.78, 5) is 31.6. The van der Waals surface area contributed by atoms with Crippen LogP contribution in [0.1, 0.15) is 42.1 Å². The number of ether oxygens (including phenoxy) is 5. The van der Waals surface area contributed by atoms with Gasteiger partial charge in [-0.15, -0.1) is 0 Å². The molecule has 0 radical (unpaired) electrons. The Morgan fingerprint density at radius 1 is 1.35 bits per heavy atom. The van der Waals surface area contributed by atoms with Crippen LogP contribution in [0.4, 0.5) is 0 Å². The van der Waals surface area contributed by atoms with Gasteiger partial charge in [0, 0.05) is 31.8 Å². The van der Waals surface area contributed by atoms with Gasteiger partial charge in [0.25, 0.3) is 11.4 Å². The first-order valence-electron chi connectivity index (χ1n) is 9.85. The van der Waals surface area contributed by atoms with Crippen LogP contribution in [0.5, 0.6) is 23.1 Å². The van der Waals surface area contributed by atoms with Crippen LogP contribution in [0.3, 0.4) is 0 Å². The molecule has 0 fully saturated rings. The van der Waals surface area contributed by atoms with Crippen LogP contribution < -0.4 is 24.5 Å². The summed E-state index contributed by atoms with van der Waals surface area (Å²) in [5.74, 6) is -0.611. The molecule has 2 N–H and O–H groups in total. The number of hydrogen-bond donors (Lipinski definition) is 2. The van der Waals surface area contributed by atoms with E-state index in [0.717, 1.165) is 0 Å². The molecule has 2 aliphatic rings. The van der Waals surface area contributed by atoms with Gasteiger partial charge in [-0.25, -0.2) is 9.78 Å². The molecule has 0 saturated carbocycles. The summed E-state index contributed by atoms with van der Waals surface area (Å²) in [5.41, 5.74) is -0.736. The van der Waals surface area contributed by atoms with Crippen molar-refractivity contribution in [2.75, 3.05) is 34.0 Å². The lowest BCUT2D eigenvalue weighted by molar-refractivity contribution is 0.0667. The van der Waals surface area contributed by atoms with Crippen molar-refractivity contribution in [3.8, 4) is 34.5 Å². The Balaban J connectivity index is 1.87. The highest BCUT2D eigenvalue weighted by Crippen LogP contribution is 2.52. The third-order valence-electron chi connectivity index (χ3n) is 5.48. The molecule has 0 aromatic carbocycles. The lowest BCUT2D eigenvalue weighted by atomic mass is 9.86. The van der Waals surface area contributed by atoms with Crippen LogP contribution in [-0.4, -0.2) is 60.7 Å². The molecule has 0 aliphatic carbocycles. The van der Waals surface area contributed by atoms with E-state index in [4.69, 9.17) is 23.7 Å². The predicted octanol–water partition coefficient (Wildman–Crippen LogP) is 2.21. The number of nitrogens with one attached hydrogen (secondary N) is 1. The number of methoxy groups -OCH3 is 2. The largest absolute Gasteiger partial charge is 0.490 e. The maximum atomic E-state index is 12.6. The van der Waals surface area contributed by atoms with Gasteiger partial charge in [0.1, 0.15) is 17.0 Å². The molecule has 2 aromatic heterocycles. The predicted molar refractivity (Wildman–Crippen MR) is 109 cm³/mol. The molecule has 0 spiro atoms. The lowest BCUT2D eigenvalue weighted by Gasteiger charge is -2.25. The Morgan fingerprint density at radius 2 is 2.13 bits per heavy atom. The maximum Gasteiger partial charge on any atom is 0.345 e. The number of aromatic nitrogens is 2. The Bertz CT molecular complexity index is 1090.